The zero-order valence-electron chi connectivity index (χ0n) is 11.1. The van der Waals surface area contributed by atoms with Crippen molar-refractivity contribution in [3.63, 3.8) is 0 Å². The van der Waals surface area contributed by atoms with E-state index in [1.54, 1.807) is 12.4 Å². The summed E-state index contributed by atoms with van der Waals surface area (Å²) in [6.07, 6.45) is 3.30. The van der Waals surface area contributed by atoms with Crippen molar-refractivity contribution in [1.29, 1.82) is 0 Å². The molecular formula is C14H17N3O2. The highest BCUT2D eigenvalue weighted by molar-refractivity contribution is 5.34. The maximum atomic E-state index is 5.67. The second-order valence-corrected chi connectivity index (χ2v) is 3.89. The Balaban J connectivity index is 2.11. The van der Waals surface area contributed by atoms with Crippen molar-refractivity contribution in [1.82, 2.24) is 15.3 Å². The summed E-state index contributed by atoms with van der Waals surface area (Å²) in [6.45, 7) is 3.23. The molecule has 5 heteroatoms. The van der Waals surface area contributed by atoms with Crippen molar-refractivity contribution in [2.45, 2.75) is 13.5 Å². The lowest BCUT2D eigenvalue weighted by atomic mass is 10.3. The molecule has 100 valence electrons. The van der Waals surface area contributed by atoms with E-state index in [0.717, 1.165) is 11.4 Å². The Kier molecular flexibility index (Phi) is 4.69. The van der Waals surface area contributed by atoms with Crippen LogP contribution in [0.2, 0.25) is 0 Å². The standard InChI is InChI=1S/C14H17N3O2/c1-3-18-12-5-4-6-13(7-12)19-14-10-16-9-11(17-14)8-15-2/h4-7,9-10,15H,3,8H2,1-2H3. The smallest absolute Gasteiger partial charge is 0.238 e. The third-order valence-corrected chi connectivity index (χ3v) is 2.36. The third kappa shape index (κ3) is 3.93. The van der Waals surface area contributed by atoms with E-state index in [0.29, 0.717) is 24.8 Å². The Hall–Kier alpha value is -2.14. The highest BCUT2D eigenvalue weighted by atomic mass is 16.5. The summed E-state index contributed by atoms with van der Waals surface area (Å²) in [5.41, 5.74) is 0.834. The Bertz CT molecular complexity index is 484. The predicted molar refractivity (Wildman–Crippen MR) is 72.5 cm³/mol. The highest BCUT2D eigenvalue weighted by Crippen LogP contribution is 2.23. The second-order valence-electron chi connectivity index (χ2n) is 3.89. The predicted octanol–water partition coefficient (Wildman–Crippen LogP) is 2.39. The molecule has 0 radical (unpaired) electrons. The summed E-state index contributed by atoms with van der Waals surface area (Å²) in [5.74, 6) is 1.93. The van der Waals surface area contributed by atoms with Gasteiger partial charge in [-0.15, -0.1) is 0 Å². The molecule has 5 nitrogen and oxygen atoms in total. The van der Waals surface area contributed by atoms with Gasteiger partial charge in [-0.05, 0) is 26.1 Å². The third-order valence-electron chi connectivity index (χ3n) is 2.36. The molecule has 0 saturated carbocycles. The van der Waals surface area contributed by atoms with Gasteiger partial charge in [-0.1, -0.05) is 6.07 Å². The number of hydrogen-bond acceptors (Lipinski definition) is 5. The average Bonchev–Trinajstić information content (AvgIpc) is 2.40. The summed E-state index contributed by atoms with van der Waals surface area (Å²) >= 11 is 0. The van der Waals surface area contributed by atoms with E-state index in [9.17, 15) is 0 Å². The maximum Gasteiger partial charge on any atom is 0.238 e. The summed E-state index contributed by atoms with van der Waals surface area (Å²) in [4.78, 5) is 8.44. The van der Waals surface area contributed by atoms with Gasteiger partial charge < -0.3 is 14.8 Å². The van der Waals surface area contributed by atoms with Crippen molar-refractivity contribution in [2.75, 3.05) is 13.7 Å². The van der Waals surface area contributed by atoms with Gasteiger partial charge in [0.05, 0.1) is 18.5 Å². The Morgan fingerprint density at radius 3 is 2.84 bits per heavy atom. The van der Waals surface area contributed by atoms with Crippen LogP contribution in [-0.2, 0) is 6.54 Å². The molecule has 2 aromatic rings. The van der Waals surface area contributed by atoms with Crippen LogP contribution in [0, 0.1) is 0 Å². The van der Waals surface area contributed by atoms with E-state index in [-0.39, 0.29) is 0 Å². The van der Waals surface area contributed by atoms with E-state index in [1.807, 2.05) is 38.2 Å². The first-order valence-electron chi connectivity index (χ1n) is 6.18. The molecule has 1 heterocycles. The lowest BCUT2D eigenvalue weighted by Gasteiger charge is -2.08. The number of rotatable bonds is 6. The van der Waals surface area contributed by atoms with Gasteiger partial charge in [0, 0.05) is 18.8 Å². The van der Waals surface area contributed by atoms with Gasteiger partial charge in [0.25, 0.3) is 0 Å². The highest BCUT2D eigenvalue weighted by Gasteiger charge is 2.02. The molecule has 0 aliphatic rings. The fraction of sp³-hybridized carbons (Fsp3) is 0.286. The monoisotopic (exact) mass is 259 g/mol. The van der Waals surface area contributed by atoms with Crippen LogP contribution < -0.4 is 14.8 Å². The number of nitrogens with zero attached hydrogens (tertiary/aromatic N) is 2. The molecule has 1 N–H and O–H groups in total. The van der Waals surface area contributed by atoms with Crippen LogP contribution in [0.1, 0.15) is 12.6 Å². The van der Waals surface area contributed by atoms with E-state index >= 15 is 0 Å². The Labute approximate surface area is 112 Å². The molecule has 1 aromatic carbocycles. The molecule has 0 bridgehead atoms. The van der Waals surface area contributed by atoms with E-state index in [1.165, 1.54) is 0 Å². The topological polar surface area (TPSA) is 56.3 Å². The molecule has 0 aliphatic heterocycles. The molecular weight excluding hydrogens is 242 g/mol. The molecule has 19 heavy (non-hydrogen) atoms. The van der Waals surface area contributed by atoms with Gasteiger partial charge >= 0.3 is 0 Å². The van der Waals surface area contributed by atoms with Crippen LogP contribution >= 0.6 is 0 Å². The molecule has 2 rings (SSSR count). The van der Waals surface area contributed by atoms with Crippen molar-refractivity contribution in [3.8, 4) is 17.4 Å². The first kappa shape index (κ1) is 13.3. The van der Waals surface area contributed by atoms with Crippen LogP contribution in [0.3, 0.4) is 0 Å². The van der Waals surface area contributed by atoms with Gasteiger partial charge in [0.2, 0.25) is 5.88 Å². The molecule has 0 atom stereocenters. The molecule has 0 saturated heterocycles. The SMILES string of the molecule is CCOc1cccc(Oc2cncc(CNC)n2)c1. The van der Waals surface area contributed by atoms with Crippen molar-refractivity contribution in [3.05, 3.63) is 42.4 Å². The largest absolute Gasteiger partial charge is 0.494 e. The fourth-order valence-corrected chi connectivity index (χ4v) is 1.62. The molecule has 1 aromatic heterocycles. The average molecular weight is 259 g/mol. The Morgan fingerprint density at radius 2 is 2.05 bits per heavy atom. The minimum atomic E-state index is 0.474. The van der Waals surface area contributed by atoms with E-state index in [4.69, 9.17) is 9.47 Å². The lowest BCUT2D eigenvalue weighted by Crippen LogP contribution is -2.07. The maximum absolute atomic E-state index is 5.67. The number of benzene rings is 1. The number of aromatic nitrogens is 2. The molecule has 0 aliphatic carbocycles. The first-order valence-corrected chi connectivity index (χ1v) is 6.18. The summed E-state index contributed by atoms with van der Waals surface area (Å²) in [6, 6.07) is 7.45. The van der Waals surface area contributed by atoms with Crippen LogP contribution in [0.5, 0.6) is 17.4 Å². The van der Waals surface area contributed by atoms with Gasteiger partial charge in [-0.25, -0.2) is 4.98 Å². The number of ether oxygens (including phenoxy) is 2. The zero-order valence-corrected chi connectivity index (χ0v) is 11.1. The van der Waals surface area contributed by atoms with Gasteiger partial charge in [-0.2, -0.15) is 0 Å². The quantitative estimate of drug-likeness (QED) is 0.863. The number of hydrogen-bond donors (Lipinski definition) is 1. The van der Waals surface area contributed by atoms with Gasteiger partial charge in [0.15, 0.2) is 0 Å². The van der Waals surface area contributed by atoms with Gasteiger partial charge in [-0.3, -0.25) is 4.98 Å². The summed E-state index contributed by atoms with van der Waals surface area (Å²) in [5, 5.41) is 3.02. The summed E-state index contributed by atoms with van der Waals surface area (Å²) < 4.78 is 11.1. The van der Waals surface area contributed by atoms with Crippen molar-refractivity contribution < 1.29 is 9.47 Å². The van der Waals surface area contributed by atoms with Crippen LogP contribution in [0.15, 0.2) is 36.7 Å². The van der Waals surface area contributed by atoms with Crippen molar-refractivity contribution >= 4 is 0 Å². The van der Waals surface area contributed by atoms with Crippen molar-refractivity contribution in [2.24, 2.45) is 0 Å². The van der Waals surface area contributed by atoms with Crippen LogP contribution in [0.25, 0.3) is 0 Å². The Morgan fingerprint density at radius 1 is 1.21 bits per heavy atom. The molecule has 0 spiro atoms. The van der Waals surface area contributed by atoms with Crippen LogP contribution in [-0.4, -0.2) is 23.6 Å². The normalized spacial score (nSPS) is 10.2. The van der Waals surface area contributed by atoms with Crippen LogP contribution in [0.4, 0.5) is 0 Å². The lowest BCUT2D eigenvalue weighted by molar-refractivity contribution is 0.338. The van der Waals surface area contributed by atoms with E-state index < -0.39 is 0 Å². The molecule has 0 unspecified atom stereocenters. The molecule has 0 amide bonds. The second kappa shape index (κ2) is 6.70. The minimum absolute atomic E-state index is 0.474. The minimum Gasteiger partial charge on any atom is -0.494 e. The first-order chi connectivity index (χ1) is 9.31. The molecule has 0 fully saturated rings. The van der Waals surface area contributed by atoms with E-state index in [2.05, 4.69) is 15.3 Å². The van der Waals surface area contributed by atoms with Gasteiger partial charge in [0.1, 0.15) is 11.5 Å². The fourth-order valence-electron chi connectivity index (χ4n) is 1.62. The number of nitrogens with one attached hydrogen (secondary N) is 1. The zero-order chi connectivity index (χ0) is 13.5. The summed E-state index contributed by atoms with van der Waals surface area (Å²) in [7, 11) is 1.86.